The van der Waals surface area contributed by atoms with Gasteiger partial charge in [-0.25, -0.2) is 9.37 Å². The Labute approximate surface area is 162 Å². The summed E-state index contributed by atoms with van der Waals surface area (Å²) >= 11 is 0. The summed E-state index contributed by atoms with van der Waals surface area (Å²) in [6.07, 6.45) is 6.29. The van der Waals surface area contributed by atoms with E-state index in [4.69, 9.17) is 4.74 Å². The molecule has 0 radical (unpaired) electrons. The quantitative estimate of drug-likeness (QED) is 0.690. The lowest BCUT2D eigenvalue weighted by Gasteiger charge is -2.31. The van der Waals surface area contributed by atoms with E-state index < -0.39 is 0 Å². The van der Waals surface area contributed by atoms with Gasteiger partial charge in [0.1, 0.15) is 23.0 Å². The van der Waals surface area contributed by atoms with E-state index in [9.17, 15) is 9.18 Å². The molecule has 1 saturated heterocycles. The summed E-state index contributed by atoms with van der Waals surface area (Å²) in [5.41, 5.74) is 1.19. The van der Waals surface area contributed by atoms with Crippen LogP contribution in [0.15, 0.2) is 61.1 Å². The molecule has 3 aromatic rings. The van der Waals surface area contributed by atoms with Crippen molar-refractivity contribution in [1.29, 1.82) is 0 Å². The Morgan fingerprint density at radius 3 is 2.57 bits per heavy atom. The van der Waals surface area contributed by atoms with Crippen LogP contribution >= 0.6 is 0 Å². The van der Waals surface area contributed by atoms with Crippen molar-refractivity contribution in [1.82, 2.24) is 19.9 Å². The second-order valence-electron chi connectivity index (χ2n) is 6.59. The number of hydrogen-bond acceptors (Lipinski definition) is 5. The first-order valence-corrected chi connectivity index (χ1v) is 9.15. The molecule has 2 aromatic heterocycles. The summed E-state index contributed by atoms with van der Waals surface area (Å²) < 4.78 is 19.2. The highest BCUT2D eigenvalue weighted by molar-refractivity contribution is 5.92. The number of likely N-dealkylation sites (tertiary alicyclic amines) is 1. The van der Waals surface area contributed by atoms with Gasteiger partial charge in [-0.2, -0.15) is 0 Å². The van der Waals surface area contributed by atoms with Crippen molar-refractivity contribution in [2.75, 3.05) is 13.1 Å². The number of halogens is 1. The zero-order chi connectivity index (χ0) is 19.3. The van der Waals surface area contributed by atoms with E-state index in [2.05, 4.69) is 15.0 Å². The van der Waals surface area contributed by atoms with Gasteiger partial charge in [0, 0.05) is 43.7 Å². The first-order valence-electron chi connectivity index (χ1n) is 9.15. The number of amides is 1. The first kappa shape index (κ1) is 18.0. The lowest BCUT2D eigenvalue weighted by molar-refractivity contribution is 0.0705. The second kappa shape index (κ2) is 8.12. The summed E-state index contributed by atoms with van der Waals surface area (Å²) in [7, 11) is 0. The lowest BCUT2D eigenvalue weighted by Crippen LogP contribution is -2.38. The lowest BCUT2D eigenvalue weighted by atomic mass is 9.93. The normalized spacial score (nSPS) is 14.7. The van der Waals surface area contributed by atoms with Gasteiger partial charge < -0.3 is 9.64 Å². The number of rotatable bonds is 4. The molecule has 0 unspecified atom stereocenters. The average molecular weight is 378 g/mol. The zero-order valence-corrected chi connectivity index (χ0v) is 15.2. The number of aromatic nitrogens is 3. The van der Waals surface area contributed by atoms with Gasteiger partial charge in [0.2, 0.25) is 5.88 Å². The Kier molecular flexibility index (Phi) is 5.23. The predicted molar refractivity (Wildman–Crippen MR) is 101 cm³/mol. The summed E-state index contributed by atoms with van der Waals surface area (Å²) in [5, 5.41) is 0. The van der Waals surface area contributed by atoms with Crippen molar-refractivity contribution in [2.24, 2.45) is 0 Å². The highest BCUT2D eigenvalue weighted by atomic mass is 19.1. The van der Waals surface area contributed by atoms with Crippen LogP contribution in [0.5, 0.6) is 11.6 Å². The number of pyridine rings is 1. The molecule has 1 aliphatic rings. The second-order valence-corrected chi connectivity index (χ2v) is 6.59. The van der Waals surface area contributed by atoms with Crippen LogP contribution in [0.2, 0.25) is 0 Å². The summed E-state index contributed by atoms with van der Waals surface area (Å²) in [6, 6.07) is 11.3. The zero-order valence-electron chi connectivity index (χ0n) is 15.2. The van der Waals surface area contributed by atoms with Crippen molar-refractivity contribution >= 4 is 5.91 Å². The van der Waals surface area contributed by atoms with Gasteiger partial charge in [-0.05, 0) is 37.1 Å². The highest BCUT2D eigenvalue weighted by Gasteiger charge is 2.28. The maximum Gasteiger partial charge on any atom is 0.272 e. The van der Waals surface area contributed by atoms with Crippen molar-refractivity contribution in [3.8, 4) is 11.6 Å². The number of ether oxygens (including phenoxy) is 1. The topological polar surface area (TPSA) is 68.2 Å². The Morgan fingerprint density at radius 2 is 1.82 bits per heavy atom. The monoisotopic (exact) mass is 378 g/mol. The van der Waals surface area contributed by atoms with E-state index in [1.807, 2.05) is 11.0 Å². The molecule has 4 rings (SSSR count). The third kappa shape index (κ3) is 3.98. The molecule has 7 heteroatoms. The van der Waals surface area contributed by atoms with E-state index >= 15 is 0 Å². The standard InChI is InChI=1S/C21H19FN4O2/c22-16-4-3-5-17(14-16)28-20-19(24-10-11-25-20)15-7-12-26(13-8-15)21(27)18-6-1-2-9-23-18/h1-6,9-11,14-15H,7-8,12-13H2. The largest absolute Gasteiger partial charge is 0.437 e. The Hall–Kier alpha value is -3.35. The van der Waals surface area contributed by atoms with Crippen molar-refractivity contribution < 1.29 is 13.9 Å². The van der Waals surface area contributed by atoms with E-state index in [0.29, 0.717) is 30.4 Å². The fraction of sp³-hybridized carbons (Fsp3) is 0.238. The van der Waals surface area contributed by atoms with Crippen LogP contribution in [-0.2, 0) is 0 Å². The van der Waals surface area contributed by atoms with E-state index in [0.717, 1.165) is 18.5 Å². The minimum atomic E-state index is -0.371. The van der Waals surface area contributed by atoms with Gasteiger partial charge >= 0.3 is 0 Å². The Bertz CT molecular complexity index is 959. The van der Waals surface area contributed by atoms with Gasteiger partial charge in [-0.3, -0.25) is 14.8 Å². The molecule has 6 nitrogen and oxygen atoms in total. The van der Waals surface area contributed by atoms with Crippen LogP contribution in [0, 0.1) is 5.82 Å². The molecule has 0 saturated carbocycles. The molecule has 0 spiro atoms. The van der Waals surface area contributed by atoms with Crippen molar-refractivity contribution in [3.63, 3.8) is 0 Å². The molecule has 0 bridgehead atoms. The average Bonchev–Trinajstić information content (AvgIpc) is 2.74. The highest BCUT2D eigenvalue weighted by Crippen LogP contribution is 2.33. The minimum Gasteiger partial charge on any atom is -0.437 e. The number of hydrogen-bond donors (Lipinski definition) is 0. The van der Waals surface area contributed by atoms with Crippen LogP contribution in [-0.4, -0.2) is 38.8 Å². The van der Waals surface area contributed by atoms with E-state index in [1.54, 1.807) is 42.9 Å². The Balaban J connectivity index is 1.46. The van der Waals surface area contributed by atoms with Gasteiger partial charge in [-0.15, -0.1) is 0 Å². The smallest absolute Gasteiger partial charge is 0.272 e. The number of nitrogens with zero attached hydrogens (tertiary/aromatic N) is 4. The van der Waals surface area contributed by atoms with Gasteiger partial charge in [0.05, 0.1) is 0 Å². The van der Waals surface area contributed by atoms with E-state index in [-0.39, 0.29) is 17.6 Å². The van der Waals surface area contributed by atoms with Gasteiger partial charge in [-0.1, -0.05) is 12.1 Å². The molecule has 1 amide bonds. The molecular weight excluding hydrogens is 359 g/mol. The molecule has 142 valence electrons. The molecule has 1 fully saturated rings. The summed E-state index contributed by atoms with van der Waals surface area (Å²) in [5.74, 6) is 0.441. The third-order valence-electron chi connectivity index (χ3n) is 4.75. The fourth-order valence-electron chi connectivity index (χ4n) is 3.34. The van der Waals surface area contributed by atoms with Crippen molar-refractivity contribution in [3.05, 3.63) is 78.3 Å². The minimum absolute atomic E-state index is 0.0607. The van der Waals surface area contributed by atoms with Crippen LogP contribution in [0.4, 0.5) is 4.39 Å². The molecule has 0 atom stereocenters. The fourth-order valence-corrected chi connectivity index (χ4v) is 3.34. The summed E-state index contributed by atoms with van der Waals surface area (Å²) in [6.45, 7) is 1.21. The number of carbonyl (C=O) groups is 1. The van der Waals surface area contributed by atoms with Crippen LogP contribution < -0.4 is 4.74 Å². The molecular formula is C21H19FN4O2. The molecule has 1 aliphatic heterocycles. The SMILES string of the molecule is O=C(c1ccccn1)N1CCC(c2nccnc2Oc2cccc(F)c2)CC1. The van der Waals surface area contributed by atoms with Crippen LogP contribution in [0.3, 0.4) is 0 Å². The first-order chi connectivity index (χ1) is 13.7. The molecule has 3 heterocycles. The van der Waals surface area contributed by atoms with Gasteiger partial charge in [0.25, 0.3) is 5.91 Å². The van der Waals surface area contributed by atoms with Crippen LogP contribution in [0.25, 0.3) is 0 Å². The number of benzene rings is 1. The van der Waals surface area contributed by atoms with E-state index in [1.165, 1.54) is 12.1 Å². The summed E-state index contributed by atoms with van der Waals surface area (Å²) in [4.78, 5) is 27.2. The molecule has 0 N–H and O–H groups in total. The van der Waals surface area contributed by atoms with Gasteiger partial charge in [0.15, 0.2) is 0 Å². The molecule has 28 heavy (non-hydrogen) atoms. The predicted octanol–water partition coefficient (Wildman–Crippen LogP) is 3.82. The maximum atomic E-state index is 13.4. The number of piperidine rings is 1. The maximum absolute atomic E-state index is 13.4. The molecule has 1 aromatic carbocycles. The van der Waals surface area contributed by atoms with Crippen LogP contribution in [0.1, 0.15) is 34.9 Å². The Morgan fingerprint density at radius 1 is 1.00 bits per heavy atom. The molecule has 0 aliphatic carbocycles. The number of carbonyl (C=O) groups excluding carboxylic acids is 1. The third-order valence-corrected chi connectivity index (χ3v) is 4.75. The van der Waals surface area contributed by atoms with Crippen molar-refractivity contribution in [2.45, 2.75) is 18.8 Å².